The molecule has 4 rings (SSSR count). The summed E-state index contributed by atoms with van der Waals surface area (Å²) < 4.78 is 5.24. The van der Waals surface area contributed by atoms with Crippen molar-refractivity contribution in [3.05, 3.63) is 66.5 Å². The third kappa shape index (κ3) is 9.03. The summed E-state index contributed by atoms with van der Waals surface area (Å²) in [5.41, 5.74) is 4.00. The first-order chi connectivity index (χ1) is 18.3. The molecule has 2 aromatic heterocycles. The van der Waals surface area contributed by atoms with Crippen LogP contribution >= 0.6 is 0 Å². The molecule has 1 saturated heterocycles. The SMILES string of the molecule is CC(C)(C)OC(=O)NCCCNc1ccc(-c2ccnc(Nc3cccc(CC4CCNCC4)c3)c2)cn1. The van der Waals surface area contributed by atoms with Gasteiger partial charge in [-0.15, -0.1) is 0 Å². The van der Waals surface area contributed by atoms with E-state index in [2.05, 4.69) is 55.5 Å². The number of carbonyl (C=O) groups is 1. The van der Waals surface area contributed by atoms with Gasteiger partial charge in [-0.1, -0.05) is 12.1 Å². The van der Waals surface area contributed by atoms with Crippen molar-refractivity contribution in [2.45, 2.75) is 52.1 Å². The van der Waals surface area contributed by atoms with Gasteiger partial charge in [-0.2, -0.15) is 0 Å². The highest BCUT2D eigenvalue weighted by Gasteiger charge is 2.15. The van der Waals surface area contributed by atoms with Crippen molar-refractivity contribution < 1.29 is 9.53 Å². The summed E-state index contributed by atoms with van der Waals surface area (Å²) in [6.45, 7) is 9.03. The van der Waals surface area contributed by atoms with Gasteiger partial charge < -0.3 is 26.0 Å². The van der Waals surface area contributed by atoms with Gasteiger partial charge in [0.2, 0.25) is 0 Å². The number of amides is 1. The Labute approximate surface area is 226 Å². The Kier molecular flexibility index (Phi) is 9.54. The third-order valence-electron chi connectivity index (χ3n) is 6.37. The lowest BCUT2D eigenvalue weighted by Gasteiger charge is -2.22. The molecule has 8 nitrogen and oxygen atoms in total. The molecule has 3 heterocycles. The molecule has 0 unspecified atom stereocenters. The van der Waals surface area contributed by atoms with Gasteiger partial charge >= 0.3 is 6.09 Å². The molecular formula is C30H40N6O2. The summed E-state index contributed by atoms with van der Waals surface area (Å²) in [5, 5.41) is 13.0. The number of hydrogen-bond acceptors (Lipinski definition) is 7. The zero-order valence-corrected chi connectivity index (χ0v) is 22.7. The Morgan fingerprint density at radius 1 is 1.00 bits per heavy atom. The Balaban J connectivity index is 1.26. The van der Waals surface area contributed by atoms with E-state index in [1.807, 2.05) is 57.4 Å². The molecule has 1 amide bonds. The summed E-state index contributed by atoms with van der Waals surface area (Å²) in [7, 11) is 0. The van der Waals surface area contributed by atoms with Crippen molar-refractivity contribution in [1.82, 2.24) is 20.6 Å². The molecule has 1 aliphatic heterocycles. The Bertz CT molecular complexity index is 1170. The number of rotatable bonds is 10. The van der Waals surface area contributed by atoms with Crippen LogP contribution in [0.4, 0.5) is 22.1 Å². The van der Waals surface area contributed by atoms with E-state index in [0.717, 1.165) is 60.3 Å². The van der Waals surface area contributed by atoms with Crippen molar-refractivity contribution in [3.63, 3.8) is 0 Å². The Hall–Kier alpha value is -3.65. The maximum atomic E-state index is 11.7. The lowest BCUT2D eigenvalue weighted by Crippen LogP contribution is -2.33. The normalized spacial score (nSPS) is 14.1. The van der Waals surface area contributed by atoms with Crippen molar-refractivity contribution in [2.75, 3.05) is 36.8 Å². The number of nitrogens with one attached hydrogen (secondary N) is 4. The minimum absolute atomic E-state index is 0.392. The first-order valence-corrected chi connectivity index (χ1v) is 13.5. The van der Waals surface area contributed by atoms with Gasteiger partial charge in [0, 0.05) is 36.7 Å². The molecule has 1 aliphatic rings. The molecule has 38 heavy (non-hydrogen) atoms. The van der Waals surface area contributed by atoms with Gasteiger partial charge in [-0.25, -0.2) is 14.8 Å². The molecule has 0 spiro atoms. The Morgan fingerprint density at radius 2 is 1.84 bits per heavy atom. The first-order valence-electron chi connectivity index (χ1n) is 13.5. The number of aromatic nitrogens is 2. The fraction of sp³-hybridized carbons (Fsp3) is 0.433. The fourth-order valence-electron chi connectivity index (χ4n) is 4.50. The van der Waals surface area contributed by atoms with Crippen LogP contribution < -0.4 is 21.3 Å². The van der Waals surface area contributed by atoms with Crippen molar-refractivity contribution in [3.8, 4) is 11.1 Å². The summed E-state index contributed by atoms with van der Waals surface area (Å²) in [4.78, 5) is 20.8. The van der Waals surface area contributed by atoms with Crippen LogP contribution in [0, 0.1) is 5.92 Å². The predicted octanol–water partition coefficient (Wildman–Crippen LogP) is 5.76. The molecule has 0 saturated carbocycles. The number of alkyl carbamates (subject to hydrolysis) is 1. The lowest BCUT2D eigenvalue weighted by atomic mass is 9.91. The van der Waals surface area contributed by atoms with Crippen LogP contribution in [0.2, 0.25) is 0 Å². The van der Waals surface area contributed by atoms with Gasteiger partial charge in [-0.05, 0) is 113 Å². The highest BCUT2D eigenvalue weighted by Crippen LogP contribution is 2.25. The molecule has 1 fully saturated rings. The molecule has 0 atom stereocenters. The molecule has 4 N–H and O–H groups in total. The van der Waals surface area contributed by atoms with Crippen LogP contribution in [0.15, 0.2) is 60.9 Å². The fourth-order valence-corrected chi connectivity index (χ4v) is 4.50. The van der Waals surface area contributed by atoms with Gasteiger partial charge in [0.1, 0.15) is 17.2 Å². The van der Waals surface area contributed by atoms with Crippen LogP contribution in [-0.2, 0) is 11.2 Å². The van der Waals surface area contributed by atoms with E-state index in [9.17, 15) is 4.79 Å². The third-order valence-corrected chi connectivity index (χ3v) is 6.37. The van der Waals surface area contributed by atoms with E-state index >= 15 is 0 Å². The van der Waals surface area contributed by atoms with Crippen LogP contribution in [0.3, 0.4) is 0 Å². The maximum Gasteiger partial charge on any atom is 0.407 e. The van der Waals surface area contributed by atoms with Crippen LogP contribution in [0.25, 0.3) is 11.1 Å². The van der Waals surface area contributed by atoms with Crippen LogP contribution in [0.5, 0.6) is 0 Å². The zero-order valence-electron chi connectivity index (χ0n) is 22.7. The molecule has 0 bridgehead atoms. The highest BCUT2D eigenvalue weighted by molar-refractivity contribution is 5.69. The average Bonchev–Trinajstić information content (AvgIpc) is 2.89. The predicted molar refractivity (Wildman–Crippen MR) is 154 cm³/mol. The molecule has 3 aromatic rings. The van der Waals surface area contributed by atoms with E-state index in [0.29, 0.717) is 13.1 Å². The van der Waals surface area contributed by atoms with E-state index in [4.69, 9.17) is 4.74 Å². The second kappa shape index (κ2) is 13.2. The second-order valence-corrected chi connectivity index (χ2v) is 10.8. The summed E-state index contributed by atoms with van der Waals surface area (Å²) in [6.07, 6.45) is 7.67. The van der Waals surface area contributed by atoms with Gasteiger partial charge in [0.05, 0.1) is 0 Å². The standard InChI is InChI=1S/C30H40N6O2/c1-30(2,3)38-29(37)34-14-5-13-32-27-9-8-25(21-35-27)24-12-17-33-28(20-24)36-26-7-4-6-23(19-26)18-22-10-15-31-16-11-22/h4,6-9,12,17,19-22,31H,5,10-11,13-16,18H2,1-3H3,(H,32,35)(H,33,36)(H,34,37). The van der Waals surface area contributed by atoms with Crippen molar-refractivity contribution in [2.24, 2.45) is 5.92 Å². The first kappa shape index (κ1) is 27.4. The van der Waals surface area contributed by atoms with E-state index in [1.54, 1.807) is 0 Å². The average molecular weight is 517 g/mol. The van der Waals surface area contributed by atoms with E-state index < -0.39 is 11.7 Å². The number of carbonyl (C=O) groups excluding carboxylic acids is 1. The topological polar surface area (TPSA) is 100 Å². The van der Waals surface area contributed by atoms with E-state index in [-0.39, 0.29) is 0 Å². The lowest BCUT2D eigenvalue weighted by molar-refractivity contribution is 0.0528. The second-order valence-electron chi connectivity index (χ2n) is 10.8. The molecular weight excluding hydrogens is 476 g/mol. The molecule has 8 heteroatoms. The summed E-state index contributed by atoms with van der Waals surface area (Å²) >= 11 is 0. The zero-order chi connectivity index (χ0) is 26.8. The number of benzene rings is 1. The molecule has 0 aliphatic carbocycles. The highest BCUT2D eigenvalue weighted by atomic mass is 16.6. The van der Waals surface area contributed by atoms with Crippen LogP contribution in [-0.4, -0.2) is 47.8 Å². The number of anilines is 3. The van der Waals surface area contributed by atoms with Gasteiger partial charge in [0.25, 0.3) is 0 Å². The van der Waals surface area contributed by atoms with Crippen molar-refractivity contribution in [1.29, 1.82) is 0 Å². The minimum atomic E-state index is -0.489. The van der Waals surface area contributed by atoms with Crippen molar-refractivity contribution >= 4 is 23.4 Å². The summed E-state index contributed by atoms with van der Waals surface area (Å²) in [6, 6.07) is 16.7. The van der Waals surface area contributed by atoms with E-state index in [1.165, 1.54) is 18.4 Å². The number of hydrogen-bond donors (Lipinski definition) is 4. The summed E-state index contributed by atoms with van der Waals surface area (Å²) in [5.74, 6) is 2.36. The number of ether oxygens (including phenoxy) is 1. The maximum absolute atomic E-state index is 11.7. The number of pyridine rings is 2. The monoisotopic (exact) mass is 516 g/mol. The minimum Gasteiger partial charge on any atom is -0.444 e. The molecule has 202 valence electrons. The molecule has 0 radical (unpaired) electrons. The number of piperidine rings is 1. The Morgan fingerprint density at radius 3 is 2.61 bits per heavy atom. The number of nitrogens with zero attached hydrogens (tertiary/aromatic N) is 2. The van der Waals surface area contributed by atoms with Gasteiger partial charge in [-0.3, -0.25) is 0 Å². The van der Waals surface area contributed by atoms with Crippen LogP contribution in [0.1, 0.15) is 45.6 Å². The largest absolute Gasteiger partial charge is 0.444 e. The van der Waals surface area contributed by atoms with Gasteiger partial charge in [0.15, 0.2) is 0 Å². The quantitative estimate of drug-likeness (QED) is 0.254. The molecule has 1 aromatic carbocycles. The smallest absolute Gasteiger partial charge is 0.407 e.